The topological polar surface area (TPSA) is 127 Å². The number of nitrogens with zero attached hydrogens (tertiary/aromatic N) is 5. The zero-order chi connectivity index (χ0) is 19.3. The second kappa shape index (κ2) is 8.81. The molecule has 0 aliphatic carbocycles. The monoisotopic (exact) mass is 390 g/mol. The van der Waals surface area contributed by atoms with Crippen molar-refractivity contribution in [2.45, 2.75) is 52.6 Å². The van der Waals surface area contributed by atoms with Gasteiger partial charge in [-0.15, -0.1) is 5.10 Å². The molecule has 1 atom stereocenters. The molecule has 12 heteroatoms. The summed E-state index contributed by atoms with van der Waals surface area (Å²) in [5, 5.41) is 7.77. The van der Waals surface area contributed by atoms with E-state index in [1.807, 2.05) is 0 Å². The van der Waals surface area contributed by atoms with Crippen LogP contribution in [0, 0.1) is 0 Å². The molecule has 0 saturated heterocycles. The maximum absolute atomic E-state index is 13.4. The van der Waals surface area contributed by atoms with Crippen LogP contribution in [0.3, 0.4) is 0 Å². The summed E-state index contributed by atoms with van der Waals surface area (Å²) in [6, 6.07) is 0. The fourth-order valence-corrected chi connectivity index (χ4v) is 4.04. The third-order valence-corrected chi connectivity index (χ3v) is 5.04. The minimum Gasteiger partial charge on any atom is -0.382 e. The summed E-state index contributed by atoms with van der Waals surface area (Å²) in [6.45, 7) is 6.10. The van der Waals surface area contributed by atoms with Gasteiger partial charge >= 0.3 is 7.60 Å². The van der Waals surface area contributed by atoms with Crippen molar-refractivity contribution in [3.05, 3.63) is 6.33 Å². The van der Waals surface area contributed by atoms with E-state index in [1.165, 1.54) is 11.0 Å². The molecule has 0 amide bonds. The average molecular weight is 390 g/mol. The van der Waals surface area contributed by atoms with Gasteiger partial charge in [0.25, 0.3) is 0 Å². The summed E-state index contributed by atoms with van der Waals surface area (Å²) in [5.74, 6) is 0.180. The predicted octanol–water partition coefficient (Wildman–Crippen LogP) is 2.16. The molecule has 2 aromatic rings. The molecule has 0 bridgehead atoms. The molecular weight excluding hydrogens is 366 g/mol. The molecule has 0 aromatic carbocycles. The van der Waals surface area contributed by atoms with Crippen LogP contribution in [0.2, 0.25) is 0 Å². The number of hydrogen-bond acceptors (Lipinski definition) is 9. The van der Waals surface area contributed by atoms with Gasteiger partial charge in [0.05, 0.1) is 18.8 Å². The van der Waals surface area contributed by atoms with Crippen molar-refractivity contribution in [3.8, 4) is 0 Å². The SMILES string of the molecule is CC(C)OP(=O)(CO[C@H](CF)Cn1nnc2c(N)ncnc21)OC(C)C. The first-order valence-corrected chi connectivity index (χ1v) is 9.90. The van der Waals surface area contributed by atoms with Crippen LogP contribution in [0.15, 0.2) is 6.33 Å². The van der Waals surface area contributed by atoms with Gasteiger partial charge in [-0.25, -0.2) is 19.0 Å². The van der Waals surface area contributed by atoms with Gasteiger partial charge in [0.15, 0.2) is 17.0 Å². The minimum atomic E-state index is -3.52. The minimum absolute atomic E-state index is 0.00676. The number of alkyl halides is 1. The smallest absolute Gasteiger partial charge is 0.356 e. The van der Waals surface area contributed by atoms with E-state index >= 15 is 0 Å². The van der Waals surface area contributed by atoms with Crippen LogP contribution in [-0.4, -0.2) is 56.3 Å². The van der Waals surface area contributed by atoms with Crippen LogP contribution >= 0.6 is 7.60 Å². The third kappa shape index (κ3) is 5.41. The fourth-order valence-electron chi connectivity index (χ4n) is 2.20. The van der Waals surface area contributed by atoms with Gasteiger partial charge in [-0.2, -0.15) is 0 Å². The normalized spacial score (nSPS) is 13.8. The van der Waals surface area contributed by atoms with Gasteiger partial charge in [-0.1, -0.05) is 5.21 Å². The van der Waals surface area contributed by atoms with Crippen LogP contribution < -0.4 is 5.73 Å². The Balaban J connectivity index is 2.08. The number of hydrogen-bond donors (Lipinski definition) is 1. The van der Waals surface area contributed by atoms with Gasteiger partial charge in [-0.05, 0) is 27.7 Å². The molecule has 0 spiro atoms. The third-order valence-electron chi connectivity index (χ3n) is 3.09. The molecule has 146 valence electrons. The Morgan fingerprint density at radius 1 is 1.23 bits per heavy atom. The maximum atomic E-state index is 13.4. The Morgan fingerprint density at radius 3 is 2.46 bits per heavy atom. The van der Waals surface area contributed by atoms with Crippen LogP contribution in [0.25, 0.3) is 11.2 Å². The molecule has 2 rings (SSSR count). The second-order valence-electron chi connectivity index (χ2n) is 6.19. The Hall–Kier alpha value is -1.68. The second-order valence-corrected chi connectivity index (χ2v) is 8.10. The highest BCUT2D eigenvalue weighted by atomic mass is 31.2. The molecule has 2 heterocycles. The van der Waals surface area contributed by atoms with Gasteiger partial charge in [0.1, 0.15) is 25.5 Å². The van der Waals surface area contributed by atoms with Crippen molar-refractivity contribution in [3.63, 3.8) is 0 Å². The number of ether oxygens (including phenoxy) is 1. The lowest BCUT2D eigenvalue weighted by Gasteiger charge is -2.24. The molecule has 26 heavy (non-hydrogen) atoms. The summed E-state index contributed by atoms with van der Waals surface area (Å²) >= 11 is 0. The first kappa shape index (κ1) is 20.6. The van der Waals surface area contributed by atoms with Gasteiger partial charge in [-0.3, -0.25) is 4.57 Å². The molecular formula is C14H24FN6O4P. The molecule has 0 aliphatic rings. The average Bonchev–Trinajstić information content (AvgIpc) is 2.94. The number of rotatable bonds is 10. The molecule has 2 aromatic heterocycles. The molecule has 2 N–H and O–H groups in total. The van der Waals surface area contributed by atoms with Gasteiger partial charge < -0.3 is 19.5 Å². The number of nitrogen functional groups attached to an aromatic ring is 1. The number of halogens is 1. The molecule has 0 fully saturated rings. The zero-order valence-corrected chi connectivity index (χ0v) is 16.1. The number of anilines is 1. The lowest BCUT2D eigenvalue weighted by molar-refractivity contribution is 0.0290. The summed E-state index contributed by atoms with van der Waals surface area (Å²) in [5.41, 5.74) is 6.38. The van der Waals surface area contributed by atoms with E-state index < -0.39 is 20.4 Å². The molecule has 0 unspecified atom stereocenters. The van der Waals surface area contributed by atoms with Crippen molar-refractivity contribution in [1.82, 2.24) is 25.0 Å². The van der Waals surface area contributed by atoms with Crippen LogP contribution in [0.4, 0.5) is 10.2 Å². The summed E-state index contributed by atoms with van der Waals surface area (Å²) in [7, 11) is -3.52. The van der Waals surface area contributed by atoms with E-state index in [0.29, 0.717) is 11.2 Å². The summed E-state index contributed by atoms with van der Waals surface area (Å²) in [6.07, 6.45) is -0.695. The first-order valence-electron chi connectivity index (χ1n) is 8.17. The largest absolute Gasteiger partial charge is 0.382 e. The van der Waals surface area contributed by atoms with E-state index in [9.17, 15) is 8.96 Å². The lowest BCUT2D eigenvalue weighted by Crippen LogP contribution is -2.25. The van der Waals surface area contributed by atoms with E-state index in [1.54, 1.807) is 27.7 Å². The van der Waals surface area contributed by atoms with Crippen molar-refractivity contribution in [1.29, 1.82) is 0 Å². The quantitative estimate of drug-likeness (QED) is 0.607. The highest BCUT2D eigenvalue weighted by Crippen LogP contribution is 2.50. The Morgan fingerprint density at radius 2 is 1.88 bits per heavy atom. The standard InChI is InChI=1S/C14H24FN6O4P/c1-9(2)24-26(22,25-10(3)4)8-23-11(5-15)6-21-14-12(19-20-21)13(16)17-7-18-14/h7,9-11H,5-6,8H2,1-4H3,(H2,16,17,18)/t11-/m1/s1. The molecule has 0 radical (unpaired) electrons. The van der Waals surface area contributed by atoms with Crippen LogP contribution in [0.5, 0.6) is 0 Å². The van der Waals surface area contributed by atoms with Crippen molar-refractivity contribution in [2.24, 2.45) is 0 Å². The zero-order valence-electron chi connectivity index (χ0n) is 15.2. The highest BCUT2D eigenvalue weighted by Gasteiger charge is 2.30. The van der Waals surface area contributed by atoms with Gasteiger partial charge in [0, 0.05) is 0 Å². The summed E-state index contributed by atoms with van der Waals surface area (Å²) in [4.78, 5) is 7.86. The van der Waals surface area contributed by atoms with E-state index in [4.69, 9.17) is 19.5 Å². The fraction of sp³-hybridized carbons (Fsp3) is 0.714. The predicted molar refractivity (Wildman–Crippen MR) is 93.3 cm³/mol. The van der Waals surface area contributed by atoms with Gasteiger partial charge in [0.2, 0.25) is 0 Å². The number of fused-ring (bicyclic) bond motifs is 1. The molecule has 10 nitrogen and oxygen atoms in total. The number of nitrogens with two attached hydrogens (primary N) is 1. The molecule has 0 aliphatic heterocycles. The maximum Gasteiger partial charge on any atom is 0.356 e. The first-order chi connectivity index (χ1) is 12.2. The van der Waals surface area contributed by atoms with E-state index in [0.717, 1.165) is 0 Å². The number of aromatic nitrogens is 5. The van der Waals surface area contributed by atoms with Crippen LogP contribution in [-0.2, 0) is 24.9 Å². The Bertz CT molecular complexity index is 757. The van der Waals surface area contributed by atoms with Crippen molar-refractivity contribution in [2.75, 3.05) is 18.8 Å². The van der Waals surface area contributed by atoms with E-state index in [-0.39, 0.29) is 30.9 Å². The lowest BCUT2D eigenvalue weighted by atomic mass is 10.4. The summed E-state index contributed by atoms with van der Waals surface area (Å²) < 4.78 is 43.7. The Labute approximate surface area is 150 Å². The highest BCUT2D eigenvalue weighted by molar-refractivity contribution is 7.53. The van der Waals surface area contributed by atoms with Crippen molar-refractivity contribution >= 4 is 24.6 Å². The molecule has 0 saturated carbocycles. The van der Waals surface area contributed by atoms with Crippen LogP contribution in [0.1, 0.15) is 27.7 Å². The Kier molecular flexibility index (Phi) is 6.99. The van der Waals surface area contributed by atoms with Crippen molar-refractivity contribution < 1.29 is 22.7 Å². The van der Waals surface area contributed by atoms with E-state index in [2.05, 4.69) is 20.3 Å².